The van der Waals surface area contributed by atoms with E-state index in [9.17, 15) is 0 Å². The zero-order valence-corrected chi connectivity index (χ0v) is 14.7. The SMILES string of the molecule is CC(C12CC3CC(CC(C3)C1)C2)C1(N)CC=C(N)c2cccnc21. The highest BCUT2D eigenvalue weighted by molar-refractivity contribution is 5.68. The second-order valence-corrected chi connectivity index (χ2v) is 9.31. The number of nitrogens with two attached hydrogens (primary N) is 2. The average molecular weight is 323 g/mol. The lowest BCUT2D eigenvalue weighted by Crippen LogP contribution is -2.57. The summed E-state index contributed by atoms with van der Waals surface area (Å²) >= 11 is 0. The Kier molecular flexibility index (Phi) is 3.02. The third kappa shape index (κ3) is 1.91. The third-order valence-electron chi connectivity index (χ3n) is 8.00. The first-order chi connectivity index (χ1) is 11.5. The second-order valence-electron chi connectivity index (χ2n) is 9.31. The van der Waals surface area contributed by atoms with Gasteiger partial charge >= 0.3 is 0 Å². The molecule has 4 saturated carbocycles. The van der Waals surface area contributed by atoms with Crippen LogP contribution in [0.15, 0.2) is 24.4 Å². The molecule has 0 aliphatic heterocycles. The average Bonchev–Trinajstić information content (AvgIpc) is 2.57. The molecule has 128 valence electrons. The van der Waals surface area contributed by atoms with E-state index in [4.69, 9.17) is 16.5 Å². The molecule has 2 atom stereocenters. The Bertz CT molecular complexity index is 672. The number of fused-ring (bicyclic) bond motifs is 1. The first-order valence-electron chi connectivity index (χ1n) is 9.70. The van der Waals surface area contributed by atoms with Gasteiger partial charge in [-0.2, -0.15) is 0 Å². The van der Waals surface area contributed by atoms with Crippen LogP contribution in [0.3, 0.4) is 0 Å². The van der Waals surface area contributed by atoms with Crippen molar-refractivity contribution in [3.8, 4) is 0 Å². The van der Waals surface area contributed by atoms with E-state index in [0.717, 1.165) is 41.1 Å². The van der Waals surface area contributed by atoms with Crippen molar-refractivity contribution < 1.29 is 0 Å². The third-order valence-corrected chi connectivity index (χ3v) is 8.00. The minimum Gasteiger partial charge on any atom is -0.398 e. The lowest BCUT2D eigenvalue weighted by atomic mass is 9.44. The molecule has 24 heavy (non-hydrogen) atoms. The summed E-state index contributed by atoms with van der Waals surface area (Å²) in [6.45, 7) is 2.42. The first-order valence-corrected chi connectivity index (χ1v) is 9.70. The highest BCUT2D eigenvalue weighted by Gasteiger charge is 2.57. The van der Waals surface area contributed by atoms with Crippen molar-refractivity contribution in [2.24, 2.45) is 40.6 Å². The van der Waals surface area contributed by atoms with E-state index in [1.807, 2.05) is 12.3 Å². The van der Waals surface area contributed by atoms with Gasteiger partial charge in [0.1, 0.15) is 0 Å². The maximum atomic E-state index is 7.14. The van der Waals surface area contributed by atoms with E-state index >= 15 is 0 Å². The van der Waals surface area contributed by atoms with Crippen LogP contribution in [0.2, 0.25) is 0 Å². The summed E-state index contributed by atoms with van der Waals surface area (Å²) in [7, 11) is 0. The lowest BCUT2D eigenvalue weighted by molar-refractivity contribution is -0.102. The Hall–Kier alpha value is -1.35. The molecule has 3 heteroatoms. The zero-order valence-electron chi connectivity index (χ0n) is 14.7. The van der Waals surface area contributed by atoms with Crippen LogP contribution in [-0.4, -0.2) is 4.98 Å². The van der Waals surface area contributed by atoms with Crippen LogP contribution in [0.5, 0.6) is 0 Å². The van der Waals surface area contributed by atoms with E-state index in [0.29, 0.717) is 11.3 Å². The molecule has 1 aromatic rings. The van der Waals surface area contributed by atoms with Gasteiger partial charge in [0.05, 0.1) is 11.2 Å². The second kappa shape index (κ2) is 4.85. The van der Waals surface area contributed by atoms with Crippen LogP contribution in [-0.2, 0) is 5.54 Å². The molecule has 5 aliphatic rings. The Labute approximate surface area is 144 Å². The first kappa shape index (κ1) is 14.9. The number of rotatable bonds is 2. The number of pyridine rings is 1. The Balaban J connectivity index is 1.56. The van der Waals surface area contributed by atoms with Gasteiger partial charge in [0.2, 0.25) is 0 Å². The minimum atomic E-state index is -0.370. The van der Waals surface area contributed by atoms with Crippen molar-refractivity contribution in [1.82, 2.24) is 4.98 Å². The Morgan fingerprint density at radius 3 is 2.38 bits per heavy atom. The fourth-order valence-electron chi connectivity index (χ4n) is 7.13. The number of nitrogens with zero attached hydrogens (tertiary/aromatic N) is 1. The number of hydrogen-bond donors (Lipinski definition) is 2. The van der Waals surface area contributed by atoms with Gasteiger partial charge in [0.15, 0.2) is 0 Å². The van der Waals surface area contributed by atoms with E-state index in [-0.39, 0.29) is 5.54 Å². The van der Waals surface area contributed by atoms with E-state index < -0.39 is 0 Å². The highest BCUT2D eigenvalue weighted by atomic mass is 14.9. The molecule has 6 rings (SSSR count). The summed E-state index contributed by atoms with van der Waals surface area (Å²) in [4.78, 5) is 4.73. The van der Waals surface area contributed by atoms with Gasteiger partial charge in [-0.15, -0.1) is 0 Å². The van der Waals surface area contributed by atoms with E-state index in [1.54, 1.807) is 0 Å². The molecular weight excluding hydrogens is 294 g/mol. The molecule has 0 aromatic carbocycles. The van der Waals surface area contributed by atoms with Crippen molar-refractivity contribution in [2.45, 2.75) is 57.4 Å². The largest absolute Gasteiger partial charge is 0.398 e. The molecule has 0 spiro atoms. The summed E-state index contributed by atoms with van der Waals surface area (Å²) < 4.78 is 0. The smallest absolute Gasteiger partial charge is 0.0701 e. The van der Waals surface area contributed by atoms with Crippen LogP contribution in [0.4, 0.5) is 0 Å². The fraction of sp³-hybridized carbons (Fsp3) is 0.667. The summed E-state index contributed by atoms with van der Waals surface area (Å²) in [6.07, 6.45) is 13.4. The topological polar surface area (TPSA) is 64.9 Å². The van der Waals surface area contributed by atoms with Gasteiger partial charge in [0.25, 0.3) is 0 Å². The van der Waals surface area contributed by atoms with Crippen molar-refractivity contribution >= 4 is 5.70 Å². The van der Waals surface area contributed by atoms with Gasteiger partial charge in [-0.25, -0.2) is 0 Å². The Morgan fingerprint density at radius 1 is 1.12 bits per heavy atom. The molecule has 4 bridgehead atoms. The highest BCUT2D eigenvalue weighted by Crippen LogP contribution is 2.65. The van der Waals surface area contributed by atoms with Crippen LogP contribution in [0.1, 0.15) is 63.1 Å². The predicted molar refractivity (Wildman–Crippen MR) is 96.7 cm³/mol. The summed E-state index contributed by atoms with van der Waals surface area (Å²) in [6, 6.07) is 4.06. The molecule has 4 N–H and O–H groups in total. The van der Waals surface area contributed by atoms with Crippen molar-refractivity contribution in [3.63, 3.8) is 0 Å². The predicted octanol–water partition coefficient (Wildman–Crippen LogP) is 3.79. The molecule has 3 nitrogen and oxygen atoms in total. The molecule has 5 aliphatic carbocycles. The van der Waals surface area contributed by atoms with Gasteiger partial charge in [-0.05, 0) is 86.2 Å². The summed E-state index contributed by atoms with van der Waals surface area (Å²) in [5.74, 6) is 3.32. The molecule has 0 radical (unpaired) electrons. The molecular formula is C21H29N3. The van der Waals surface area contributed by atoms with Crippen molar-refractivity contribution in [3.05, 3.63) is 35.7 Å². The molecule has 1 aromatic heterocycles. The number of hydrogen-bond acceptors (Lipinski definition) is 3. The van der Waals surface area contributed by atoms with Gasteiger partial charge in [0, 0.05) is 17.5 Å². The number of aromatic nitrogens is 1. The molecule has 4 fully saturated rings. The fourth-order valence-corrected chi connectivity index (χ4v) is 7.13. The van der Waals surface area contributed by atoms with Crippen LogP contribution < -0.4 is 11.5 Å². The molecule has 1 heterocycles. The van der Waals surface area contributed by atoms with Crippen LogP contribution in [0, 0.1) is 29.1 Å². The summed E-state index contributed by atoms with van der Waals surface area (Å²) in [5, 5.41) is 0. The normalized spacial score (nSPS) is 44.1. The van der Waals surface area contributed by atoms with Crippen LogP contribution in [0.25, 0.3) is 5.70 Å². The summed E-state index contributed by atoms with van der Waals surface area (Å²) in [5.41, 5.74) is 16.4. The monoisotopic (exact) mass is 323 g/mol. The minimum absolute atomic E-state index is 0.370. The van der Waals surface area contributed by atoms with Crippen molar-refractivity contribution in [2.75, 3.05) is 0 Å². The van der Waals surface area contributed by atoms with Crippen molar-refractivity contribution in [1.29, 1.82) is 0 Å². The van der Waals surface area contributed by atoms with Gasteiger partial charge < -0.3 is 11.5 Å². The standard InChI is InChI=1S/C21H29N3/c1-13(20-10-14-7-15(11-20)9-16(8-14)12-20)21(23)5-4-18(22)17-3-2-6-24-19(17)21/h2-4,6,13-16H,5,7-12,22-23H2,1H3. The van der Waals surface area contributed by atoms with E-state index in [1.165, 1.54) is 38.5 Å². The zero-order chi connectivity index (χ0) is 16.5. The van der Waals surface area contributed by atoms with Crippen LogP contribution >= 0.6 is 0 Å². The van der Waals surface area contributed by atoms with E-state index in [2.05, 4.69) is 19.1 Å². The molecule has 0 amide bonds. The molecule has 2 unspecified atom stereocenters. The van der Waals surface area contributed by atoms with Gasteiger partial charge in [-0.1, -0.05) is 13.0 Å². The maximum absolute atomic E-state index is 7.14. The van der Waals surface area contributed by atoms with Gasteiger partial charge in [-0.3, -0.25) is 4.98 Å². The lowest BCUT2D eigenvalue weighted by Gasteiger charge is -2.61. The Morgan fingerprint density at radius 2 is 1.75 bits per heavy atom. The molecule has 0 saturated heterocycles. The quantitative estimate of drug-likeness (QED) is 0.870. The maximum Gasteiger partial charge on any atom is 0.0701 e.